The molecule has 0 bridgehead atoms. The minimum atomic E-state index is 0.0880. The number of hydrogen-bond acceptors (Lipinski definition) is 5. The molecule has 0 aliphatic rings. The molecule has 0 aliphatic carbocycles. The van der Waals surface area contributed by atoms with Gasteiger partial charge in [-0.25, -0.2) is 0 Å². The Balaban J connectivity index is 0.000000255. The van der Waals surface area contributed by atoms with Gasteiger partial charge in [-0.3, -0.25) is 4.79 Å². The van der Waals surface area contributed by atoms with Crippen molar-refractivity contribution in [2.75, 3.05) is 19.8 Å². The van der Waals surface area contributed by atoms with Crippen LogP contribution in [0.15, 0.2) is 48.5 Å². The van der Waals surface area contributed by atoms with Crippen LogP contribution in [0, 0.1) is 0 Å². The van der Waals surface area contributed by atoms with Gasteiger partial charge in [-0.1, -0.05) is 6.07 Å². The average Bonchev–Trinajstić information content (AvgIpc) is 2.52. The van der Waals surface area contributed by atoms with Gasteiger partial charge in [0.25, 0.3) is 0 Å². The van der Waals surface area contributed by atoms with Gasteiger partial charge in [0.05, 0.1) is 6.61 Å². The van der Waals surface area contributed by atoms with E-state index in [4.69, 9.17) is 19.7 Å². The van der Waals surface area contributed by atoms with Crippen molar-refractivity contribution in [3.63, 3.8) is 0 Å². The summed E-state index contributed by atoms with van der Waals surface area (Å²) in [5, 5.41) is 17.3. The average molecular weight is 304 g/mol. The van der Waals surface area contributed by atoms with Gasteiger partial charge in [-0.05, 0) is 43.3 Å². The highest BCUT2D eigenvalue weighted by molar-refractivity contribution is 5.74. The Bertz CT molecular complexity index is 534. The standard InChI is InChI=1S/C11H14O3.C6H6O2/c1-2-13-7-8-14-11-5-3-10(9-12)4-6-11;7-5-2-1-3-6(8)4-5/h3-6,9H,2,7-8H2,1H3;1-4,7-8H. The van der Waals surface area contributed by atoms with Gasteiger partial charge in [0.2, 0.25) is 0 Å². The first-order valence-corrected chi connectivity index (χ1v) is 6.89. The first kappa shape index (κ1) is 17.5. The lowest BCUT2D eigenvalue weighted by Crippen LogP contribution is -2.06. The molecule has 0 saturated carbocycles. The Morgan fingerprint density at radius 1 is 1.00 bits per heavy atom. The van der Waals surface area contributed by atoms with Gasteiger partial charge in [0.15, 0.2) is 0 Å². The highest BCUT2D eigenvalue weighted by Crippen LogP contribution is 2.14. The van der Waals surface area contributed by atoms with Crippen LogP contribution in [-0.4, -0.2) is 36.3 Å². The minimum absolute atomic E-state index is 0.0880. The summed E-state index contributed by atoms with van der Waals surface area (Å²) < 4.78 is 10.5. The molecule has 2 aromatic carbocycles. The van der Waals surface area contributed by atoms with Crippen molar-refractivity contribution >= 4 is 6.29 Å². The minimum Gasteiger partial charge on any atom is -0.508 e. The highest BCUT2D eigenvalue weighted by atomic mass is 16.5. The molecule has 0 saturated heterocycles. The molecule has 0 spiro atoms. The third-order valence-electron chi connectivity index (χ3n) is 2.55. The van der Waals surface area contributed by atoms with E-state index in [1.54, 1.807) is 30.3 Å². The fourth-order valence-corrected chi connectivity index (χ4v) is 1.50. The number of phenolic OH excluding ortho intramolecular Hbond substituents is 2. The maximum Gasteiger partial charge on any atom is 0.150 e. The predicted molar refractivity (Wildman–Crippen MR) is 83.6 cm³/mol. The Hall–Kier alpha value is -2.53. The Labute approximate surface area is 129 Å². The Morgan fingerprint density at radius 2 is 1.64 bits per heavy atom. The van der Waals surface area contributed by atoms with E-state index in [0.29, 0.717) is 25.4 Å². The number of aldehydes is 1. The summed E-state index contributed by atoms with van der Waals surface area (Å²) in [4.78, 5) is 10.4. The van der Waals surface area contributed by atoms with E-state index in [1.807, 2.05) is 6.92 Å². The van der Waals surface area contributed by atoms with Crippen LogP contribution in [0.5, 0.6) is 17.2 Å². The molecule has 5 nitrogen and oxygen atoms in total. The molecule has 0 aliphatic heterocycles. The topological polar surface area (TPSA) is 76.0 Å². The Kier molecular flexibility index (Phi) is 8.15. The van der Waals surface area contributed by atoms with Crippen LogP contribution in [0.25, 0.3) is 0 Å². The predicted octanol–water partition coefficient (Wildman–Crippen LogP) is 3.01. The zero-order valence-electron chi connectivity index (χ0n) is 12.4. The molecule has 0 heterocycles. The van der Waals surface area contributed by atoms with Crippen molar-refractivity contribution in [3.8, 4) is 17.2 Å². The summed E-state index contributed by atoms with van der Waals surface area (Å²) in [5.74, 6) is 0.935. The smallest absolute Gasteiger partial charge is 0.150 e. The molecule has 2 N–H and O–H groups in total. The summed E-state index contributed by atoms with van der Waals surface area (Å²) in [5.41, 5.74) is 0.655. The van der Waals surface area contributed by atoms with E-state index in [-0.39, 0.29) is 11.5 Å². The molecule has 118 valence electrons. The van der Waals surface area contributed by atoms with Crippen molar-refractivity contribution in [2.24, 2.45) is 0 Å². The second kappa shape index (κ2) is 10.2. The van der Waals surface area contributed by atoms with Crippen molar-refractivity contribution < 1.29 is 24.5 Å². The normalized spacial score (nSPS) is 9.50. The summed E-state index contributed by atoms with van der Waals surface area (Å²) >= 11 is 0. The summed E-state index contributed by atoms with van der Waals surface area (Å²) in [6, 6.07) is 12.8. The van der Waals surface area contributed by atoms with Crippen LogP contribution in [0.1, 0.15) is 17.3 Å². The number of carbonyl (C=O) groups excluding carboxylic acids is 1. The zero-order chi connectivity index (χ0) is 16.2. The lowest BCUT2D eigenvalue weighted by atomic mass is 10.2. The monoisotopic (exact) mass is 304 g/mol. The van der Waals surface area contributed by atoms with Gasteiger partial charge >= 0.3 is 0 Å². The number of phenols is 2. The number of hydrogen-bond donors (Lipinski definition) is 2. The number of rotatable bonds is 6. The quantitative estimate of drug-likeness (QED) is 0.634. The van der Waals surface area contributed by atoms with Gasteiger partial charge < -0.3 is 19.7 Å². The molecule has 0 radical (unpaired) electrons. The third kappa shape index (κ3) is 7.31. The third-order valence-corrected chi connectivity index (χ3v) is 2.55. The van der Waals surface area contributed by atoms with Gasteiger partial charge in [0, 0.05) is 18.2 Å². The maximum atomic E-state index is 10.4. The fourth-order valence-electron chi connectivity index (χ4n) is 1.50. The van der Waals surface area contributed by atoms with Crippen molar-refractivity contribution in [1.82, 2.24) is 0 Å². The number of benzene rings is 2. The van der Waals surface area contributed by atoms with Crippen molar-refractivity contribution in [1.29, 1.82) is 0 Å². The maximum absolute atomic E-state index is 10.4. The van der Waals surface area contributed by atoms with Crippen LogP contribution in [0.4, 0.5) is 0 Å². The van der Waals surface area contributed by atoms with Crippen LogP contribution in [0.2, 0.25) is 0 Å². The lowest BCUT2D eigenvalue weighted by molar-refractivity contribution is 0.110. The van der Waals surface area contributed by atoms with Crippen LogP contribution < -0.4 is 4.74 Å². The molecule has 2 aromatic rings. The van der Waals surface area contributed by atoms with E-state index in [1.165, 1.54) is 18.2 Å². The summed E-state index contributed by atoms with van der Waals surface area (Å²) in [6.07, 6.45) is 0.809. The lowest BCUT2D eigenvalue weighted by Gasteiger charge is -2.05. The summed E-state index contributed by atoms with van der Waals surface area (Å²) in [6.45, 7) is 3.77. The second-order valence-corrected chi connectivity index (χ2v) is 4.25. The van der Waals surface area contributed by atoms with E-state index in [0.717, 1.165) is 12.0 Å². The van der Waals surface area contributed by atoms with E-state index >= 15 is 0 Å². The molecule has 2 rings (SSSR count). The van der Waals surface area contributed by atoms with Gasteiger partial charge in [-0.2, -0.15) is 0 Å². The van der Waals surface area contributed by atoms with Crippen LogP contribution >= 0.6 is 0 Å². The largest absolute Gasteiger partial charge is 0.508 e. The second-order valence-electron chi connectivity index (χ2n) is 4.25. The molecule has 0 atom stereocenters. The highest BCUT2D eigenvalue weighted by Gasteiger charge is 1.93. The molecule has 0 aromatic heterocycles. The SMILES string of the molecule is CCOCCOc1ccc(C=O)cc1.Oc1cccc(O)c1. The van der Waals surface area contributed by atoms with E-state index in [2.05, 4.69) is 0 Å². The van der Waals surface area contributed by atoms with Crippen LogP contribution in [-0.2, 0) is 4.74 Å². The number of aromatic hydroxyl groups is 2. The molecular weight excluding hydrogens is 284 g/mol. The van der Waals surface area contributed by atoms with Crippen molar-refractivity contribution in [3.05, 3.63) is 54.1 Å². The van der Waals surface area contributed by atoms with Gasteiger partial charge in [0.1, 0.15) is 30.1 Å². The number of ether oxygens (including phenoxy) is 2. The first-order valence-electron chi connectivity index (χ1n) is 6.89. The Morgan fingerprint density at radius 3 is 2.09 bits per heavy atom. The van der Waals surface area contributed by atoms with Crippen molar-refractivity contribution in [2.45, 2.75) is 6.92 Å². The molecule has 0 unspecified atom stereocenters. The molecule has 22 heavy (non-hydrogen) atoms. The molecule has 0 fully saturated rings. The van der Waals surface area contributed by atoms with E-state index in [9.17, 15) is 4.79 Å². The molecule has 0 amide bonds. The number of carbonyl (C=O) groups is 1. The fraction of sp³-hybridized carbons (Fsp3) is 0.235. The van der Waals surface area contributed by atoms with Gasteiger partial charge in [-0.15, -0.1) is 0 Å². The van der Waals surface area contributed by atoms with E-state index < -0.39 is 0 Å². The first-order chi connectivity index (χ1) is 10.7. The van der Waals surface area contributed by atoms with Crippen LogP contribution in [0.3, 0.4) is 0 Å². The zero-order valence-corrected chi connectivity index (χ0v) is 12.4. The molecule has 5 heteroatoms. The molecular formula is C17H20O5. The summed E-state index contributed by atoms with van der Waals surface area (Å²) in [7, 11) is 0.